The Kier molecular flexibility index (Phi) is 5.33. The Hall–Kier alpha value is -0.730. The van der Waals surface area contributed by atoms with Crippen molar-refractivity contribution in [2.75, 3.05) is 6.54 Å². The van der Waals surface area contributed by atoms with Crippen LogP contribution in [-0.2, 0) is 0 Å². The van der Waals surface area contributed by atoms with E-state index in [-0.39, 0.29) is 6.03 Å². The lowest BCUT2D eigenvalue weighted by Crippen LogP contribution is -2.43. The van der Waals surface area contributed by atoms with Crippen LogP contribution >= 0.6 is 0 Å². The molecule has 0 bridgehead atoms. The predicted octanol–water partition coefficient (Wildman–Crippen LogP) is 3.44. The maximum Gasteiger partial charge on any atom is 0.315 e. The zero-order valence-corrected chi connectivity index (χ0v) is 11.7. The molecule has 2 aliphatic carbocycles. The molecule has 0 unspecified atom stereocenters. The summed E-state index contributed by atoms with van der Waals surface area (Å²) in [6, 6.07) is 0.486. The fourth-order valence-corrected chi connectivity index (χ4v) is 3.39. The lowest BCUT2D eigenvalue weighted by molar-refractivity contribution is 0.227. The van der Waals surface area contributed by atoms with Crippen molar-refractivity contribution < 1.29 is 4.79 Å². The molecule has 18 heavy (non-hydrogen) atoms. The summed E-state index contributed by atoms with van der Waals surface area (Å²) in [5.41, 5.74) is 0. The molecule has 2 saturated carbocycles. The SMILES string of the molecule is CCC1CCC(CNC(=O)NC2CCCC2)CC1. The monoisotopic (exact) mass is 252 g/mol. The molecule has 0 aromatic heterocycles. The number of hydrogen-bond donors (Lipinski definition) is 2. The summed E-state index contributed by atoms with van der Waals surface area (Å²) in [6.45, 7) is 3.16. The van der Waals surface area contributed by atoms with E-state index >= 15 is 0 Å². The van der Waals surface area contributed by atoms with Gasteiger partial charge in [-0.25, -0.2) is 4.79 Å². The molecule has 2 rings (SSSR count). The van der Waals surface area contributed by atoms with Crippen LogP contribution in [0.25, 0.3) is 0 Å². The number of hydrogen-bond acceptors (Lipinski definition) is 1. The number of nitrogens with one attached hydrogen (secondary N) is 2. The van der Waals surface area contributed by atoms with Crippen molar-refractivity contribution >= 4 is 6.03 Å². The summed E-state index contributed by atoms with van der Waals surface area (Å²) >= 11 is 0. The summed E-state index contributed by atoms with van der Waals surface area (Å²) in [5, 5.41) is 6.15. The largest absolute Gasteiger partial charge is 0.338 e. The third kappa shape index (κ3) is 4.18. The second kappa shape index (κ2) is 7.01. The van der Waals surface area contributed by atoms with Gasteiger partial charge in [0.1, 0.15) is 0 Å². The highest BCUT2D eigenvalue weighted by molar-refractivity contribution is 5.74. The summed E-state index contributed by atoms with van der Waals surface area (Å²) in [7, 11) is 0. The minimum atomic E-state index is 0.0551. The van der Waals surface area contributed by atoms with E-state index in [9.17, 15) is 4.79 Å². The summed E-state index contributed by atoms with van der Waals surface area (Å²) in [6.07, 6.45) is 11.5. The van der Waals surface area contributed by atoms with Gasteiger partial charge in [-0.15, -0.1) is 0 Å². The molecular weight excluding hydrogens is 224 g/mol. The van der Waals surface area contributed by atoms with Gasteiger partial charge in [-0.3, -0.25) is 0 Å². The third-order valence-corrected chi connectivity index (χ3v) is 4.79. The van der Waals surface area contributed by atoms with Gasteiger partial charge in [-0.05, 0) is 37.5 Å². The quantitative estimate of drug-likeness (QED) is 0.790. The van der Waals surface area contributed by atoms with Gasteiger partial charge in [0.25, 0.3) is 0 Å². The minimum absolute atomic E-state index is 0.0551. The first-order valence-electron chi connectivity index (χ1n) is 7.82. The molecule has 0 saturated heterocycles. The van der Waals surface area contributed by atoms with E-state index in [0.717, 1.165) is 25.3 Å². The van der Waals surface area contributed by atoms with Crippen LogP contribution in [0.3, 0.4) is 0 Å². The molecule has 3 heteroatoms. The Morgan fingerprint density at radius 3 is 2.22 bits per heavy atom. The highest BCUT2D eigenvalue weighted by atomic mass is 16.2. The smallest absolute Gasteiger partial charge is 0.315 e. The highest BCUT2D eigenvalue weighted by Gasteiger charge is 2.21. The van der Waals surface area contributed by atoms with Crippen molar-refractivity contribution in [1.82, 2.24) is 10.6 Å². The summed E-state index contributed by atoms with van der Waals surface area (Å²) in [4.78, 5) is 11.7. The molecule has 0 aliphatic heterocycles. The molecule has 0 radical (unpaired) electrons. The van der Waals surface area contributed by atoms with E-state index in [2.05, 4.69) is 17.6 Å². The molecule has 0 spiro atoms. The van der Waals surface area contributed by atoms with E-state index in [1.54, 1.807) is 0 Å². The molecule has 2 amide bonds. The summed E-state index contributed by atoms with van der Waals surface area (Å²) < 4.78 is 0. The normalized spacial score (nSPS) is 29.2. The van der Waals surface area contributed by atoms with Crippen LogP contribution in [0.2, 0.25) is 0 Å². The standard InChI is InChI=1S/C15H28N2O/c1-2-12-7-9-13(10-8-12)11-16-15(18)17-14-5-3-4-6-14/h12-14H,2-11H2,1H3,(H2,16,17,18). The molecule has 2 N–H and O–H groups in total. The molecular formula is C15H28N2O. The maximum atomic E-state index is 11.7. The van der Waals surface area contributed by atoms with Crippen molar-refractivity contribution in [1.29, 1.82) is 0 Å². The molecule has 0 aromatic carbocycles. The van der Waals surface area contributed by atoms with Crippen LogP contribution in [0, 0.1) is 11.8 Å². The lowest BCUT2D eigenvalue weighted by Gasteiger charge is -2.28. The Bertz CT molecular complexity index is 253. The number of urea groups is 1. The van der Waals surface area contributed by atoms with E-state index in [4.69, 9.17) is 0 Å². The van der Waals surface area contributed by atoms with Gasteiger partial charge >= 0.3 is 6.03 Å². The van der Waals surface area contributed by atoms with Gasteiger partial charge in [0.05, 0.1) is 0 Å². The number of carbonyl (C=O) groups is 1. The lowest BCUT2D eigenvalue weighted by atomic mass is 9.81. The second-order valence-corrected chi connectivity index (χ2v) is 6.13. The van der Waals surface area contributed by atoms with Crippen LogP contribution < -0.4 is 10.6 Å². The van der Waals surface area contributed by atoms with E-state index in [0.29, 0.717) is 12.0 Å². The Morgan fingerprint density at radius 1 is 1.00 bits per heavy atom. The average molecular weight is 252 g/mol. The summed E-state index contributed by atoms with van der Waals surface area (Å²) in [5.74, 6) is 1.65. The molecule has 0 atom stereocenters. The van der Waals surface area contributed by atoms with E-state index in [1.165, 1.54) is 44.9 Å². The first kappa shape index (κ1) is 13.7. The third-order valence-electron chi connectivity index (χ3n) is 4.79. The van der Waals surface area contributed by atoms with Crippen molar-refractivity contribution in [2.24, 2.45) is 11.8 Å². The van der Waals surface area contributed by atoms with Crippen molar-refractivity contribution in [3.05, 3.63) is 0 Å². The minimum Gasteiger partial charge on any atom is -0.338 e. The van der Waals surface area contributed by atoms with Crippen LogP contribution in [-0.4, -0.2) is 18.6 Å². The van der Waals surface area contributed by atoms with Gasteiger partial charge in [0.15, 0.2) is 0 Å². The molecule has 3 nitrogen and oxygen atoms in total. The van der Waals surface area contributed by atoms with Gasteiger partial charge in [-0.2, -0.15) is 0 Å². The maximum absolute atomic E-state index is 11.7. The zero-order chi connectivity index (χ0) is 12.8. The fraction of sp³-hybridized carbons (Fsp3) is 0.933. The van der Waals surface area contributed by atoms with Gasteiger partial charge in [-0.1, -0.05) is 39.0 Å². The van der Waals surface area contributed by atoms with Crippen LogP contribution in [0.4, 0.5) is 4.79 Å². The molecule has 0 aromatic rings. The van der Waals surface area contributed by atoms with Gasteiger partial charge in [0.2, 0.25) is 0 Å². The van der Waals surface area contributed by atoms with Crippen molar-refractivity contribution in [3.8, 4) is 0 Å². The van der Waals surface area contributed by atoms with E-state index in [1.807, 2.05) is 0 Å². The zero-order valence-electron chi connectivity index (χ0n) is 11.7. The van der Waals surface area contributed by atoms with Gasteiger partial charge < -0.3 is 10.6 Å². The molecule has 2 fully saturated rings. The predicted molar refractivity (Wildman–Crippen MR) is 74.5 cm³/mol. The van der Waals surface area contributed by atoms with E-state index < -0.39 is 0 Å². The van der Waals surface area contributed by atoms with Crippen LogP contribution in [0.15, 0.2) is 0 Å². The molecule has 0 heterocycles. The Balaban J connectivity index is 1.58. The second-order valence-electron chi connectivity index (χ2n) is 6.13. The number of carbonyl (C=O) groups excluding carboxylic acids is 1. The van der Waals surface area contributed by atoms with Crippen LogP contribution in [0.1, 0.15) is 64.7 Å². The average Bonchev–Trinajstić information content (AvgIpc) is 2.90. The highest BCUT2D eigenvalue weighted by Crippen LogP contribution is 2.30. The Morgan fingerprint density at radius 2 is 1.61 bits per heavy atom. The van der Waals surface area contributed by atoms with Crippen molar-refractivity contribution in [2.45, 2.75) is 70.8 Å². The molecule has 2 aliphatic rings. The first-order chi connectivity index (χ1) is 8.78. The Labute approximate surface area is 111 Å². The first-order valence-corrected chi connectivity index (χ1v) is 7.82. The number of rotatable bonds is 4. The fourth-order valence-electron chi connectivity index (χ4n) is 3.39. The molecule has 104 valence electrons. The van der Waals surface area contributed by atoms with Gasteiger partial charge in [0, 0.05) is 12.6 Å². The number of amides is 2. The van der Waals surface area contributed by atoms with Crippen molar-refractivity contribution in [3.63, 3.8) is 0 Å². The van der Waals surface area contributed by atoms with Crippen LogP contribution in [0.5, 0.6) is 0 Å². The topological polar surface area (TPSA) is 41.1 Å².